The Bertz CT molecular complexity index is 708. The van der Waals surface area contributed by atoms with Crippen LogP contribution in [0.15, 0.2) is 54.6 Å². The lowest BCUT2D eigenvalue weighted by atomic mass is 10.1. The van der Waals surface area contributed by atoms with Crippen molar-refractivity contribution in [2.75, 3.05) is 40.8 Å². The third kappa shape index (κ3) is 7.37. The summed E-state index contributed by atoms with van der Waals surface area (Å²) in [5.41, 5.74) is 2.08. The molecule has 146 valence electrons. The molecule has 2 rings (SSSR count). The topological polar surface area (TPSA) is 47.6 Å². The Morgan fingerprint density at radius 3 is 2.44 bits per heavy atom. The van der Waals surface area contributed by atoms with Crippen molar-refractivity contribution in [2.45, 2.75) is 12.6 Å². The number of hydrogen-bond acceptors (Lipinski definition) is 3. The van der Waals surface area contributed by atoms with Gasteiger partial charge in [-0.15, -0.1) is 0 Å². The van der Waals surface area contributed by atoms with Crippen LogP contribution in [0.2, 0.25) is 0 Å². The smallest absolute Gasteiger partial charge is 0.314 e. The number of benzene rings is 2. The Balaban J connectivity index is 1.73. The van der Waals surface area contributed by atoms with Crippen molar-refractivity contribution in [1.29, 1.82) is 0 Å². The summed E-state index contributed by atoms with van der Waals surface area (Å²) in [4.78, 5) is 16.2. The molecule has 0 spiro atoms. The van der Waals surface area contributed by atoms with Gasteiger partial charge in [0.25, 0.3) is 0 Å². The zero-order valence-electron chi connectivity index (χ0n) is 16.3. The predicted molar refractivity (Wildman–Crippen MR) is 107 cm³/mol. The molecule has 2 amide bonds. The van der Waals surface area contributed by atoms with Gasteiger partial charge in [0.15, 0.2) is 0 Å². The highest BCUT2D eigenvalue weighted by Crippen LogP contribution is 2.18. The Labute approximate surface area is 161 Å². The molecule has 0 aliphatic heterocycles. The fourth-order valence-corrected chi connectivity index (χ4v) is 2.90. The standard InChI is InChI=1S/C21H29FN4O/c1-25(2)20(18-10-7-11-19(22)14-18)15-24-21(27)23-12-13-26(3)16-17-8-5-4-6-9-17/h4-11,14,20H,12-13,15-16H2,1-3H3,(H2,23,24,27). The molecule has 6 heteroatoms. The van der Waals surface area contributed by atoms with E-state index >= 15 is 0 Å². The van der Waals surface area contributed by atoms with Crippen LogP contribution in [0, 0.1) is 5.82 Å². The van der Waals surface area contributed by atoms with Crippen LogP contribution in [0.5, 0.6) is 0 Å². The predicted octanol–water partition coefficient (Wildman–Crippen LogP) is 2.86. The van der Waals surface area contributed by atoms with Crippen molar-refractivity contribution in [3.63, 3.8) is 0 Å². The van der Waals surface area contributed by atoms with E-state index in [1.165, 1.54) is 17.7 Å². The van der Waals surface area contributed by atoms with E-state index in [9.17, 15) is 9.18 Å². The van der Waals surface area contributed by atoms with Crippen LogP contribution >= 0.6 is 0 Å². The van der Waals surface area contributed by atoms with E-state index in [0.717, 1.165) is 18.7 Å². The maximum atomic E-state index is 13.5. The first-order valence-electron chi connectivity index (χ1n) is 9.12. The number of carbonyl (C=O) groups is 1. The van der Waals surface area contributed by atoms with Crippen molar-refractivity contribution < 1.29 is 9.18 Å². The van der Waals surface area contributed by atoms with Gasteiger partial charge in [0.1, 0.15) is 5.82 Å². The second-order valence-corrected chi connectivity index (χ2v) is 6.89. The van der Waals surface area contributed by atoms with Crippen molar-refractivity contribution in [2.24, 2.45) is 0 Å². The number of rotatable bonds is 9. The zero-order chi connectivity index (χ0) is 19.6. The molecule has 2 aromatic carbocycles. The Hall–Kier alpha value is -2.44. The van der Waals surface area contributed by atoms with Crippen LogP contribution in [-0.2, 0) is 6.54 Å². The average Bonchev–Trinajstić information content (AvgIpc) is 2.62. The van der Waals surface area contributed by atoms with E-state index in [4.69, 9.17) is 0 Å². The van der Waals surface area contributed by atoms with E-state index in [1.54, 1.807) is 6.07 Å². The van der Waals surface area contributed by atoms with E-state index < -0.39 is 0 Å². The lowest BCUT2D eigenvalue weighted by Gasteiger charge is -2.25. The van der Waals surface area contributed by atoms with Crippen molar-refractivity contribution in [1.82, 2.24) is 20.4 Å². The number of carbonyl (C=O) groups excluding carboxylic acids is 1. The molecule has 0 aromatic heterocycles. The minimum absolute atomic E-state index is 0.0906. The summed E-state index contributed by atoms with van der Waals surface area (Å²) in [6.45, 7) is 2.56. The van der Waals surface area contributed by atoms with Crippen LogP contribution in [0.3, 0.4) is 0 Å². The van der Waals surface area contributed by atoms with Gasteiger partial charge in [-0.3, -0.25) is 0 Å². The number of urea groups is 1. The normalized spacial score (nSPS) is 12.2. The summed E-state index contributed by atoms with van der Waals surface area (Å²) in [5.74, 6) is -0.273. The maximum Gasteiger partial charge on any atom is 0.314 e. The van der Waals surface area contributed by atoms with Gasteiger partial charge in [0.2, 0.25) is 0 Å². The van der Waals surface area contributed by atoms with Crippen LogP contribution in [-0.4, -0.2) is 56.6 Å². The summed E-state index contributed by atoms with van der Waals surface area (Å²) >= 11 is 0. The lowest BCUT2D eigenvalue weighted by molar-refractivity contribution is 0.230. The largest absolute Gasteiger partial charge is 0.337 e. The third-order valence-electron chi connectivity index (χ3n) is 4.39. The molecule has 2 N–H and O–H groups in total. The molecule has 0 heterocycles. The minimum atomic E-state index is -0.273. The summed E-state index contributed by atoms with van der Waals surface area (Å²) in [7, 11) is 5.85. The molecule has 0 fully saturated rings. The van der Waals surface area contributed by atoms with Crippen LogP contribution in [0.4, 0.5) is 9.18 Å². The summed E-state index contributed by atoms with van der Waals surface area (Å²) in [6, 6.07) is 16.4. The number of likely N-dealkylation sites (N-methyl/N-ethyl adjacent to an activating group) is 2. The van der Waals surface area contributed by atoms with Gasteiger partial charge in [-0.1, -0.05) is 42.5 Å². The van der Waals surface area contributed by atoms with Crippen molar-refractivity contribution in [3.8, 4) is 0 Å². The molecular weight excluding hydrogens is 343 g/mol. The Kier molecular flexibility index (Phi) is 8.23. The van der Waals surface area contributed by atoms with Gasteiger partial charge in [-0.25, -0.2) is 9.18 Å². The Morgan fingerprint density at radius 2 is 1.78 bits per heavy atom. The third-order valence-corrected chi connectivity index (χ3v) is 4.39. The van der Waals surface area contributed by atoms with Crippen molar-refractivity contribution in [3.05, 3.63) is 71.5 Å². The molecule has 0 aliphatic rings. The van der Waals surface area contributed by atoms with E-state index in [1.807, 2.05) is 50.3 Å². The molecule has 0 aliphatic carbocycles. The highest BCUT2D eigenvalue weighted by atomic mass is 19.1. The van der Waals surface area contributed by atoms with Gasteiger partial charge in [0, 0.05) is 26.2 Å². The number of nitrogens with zero attached hydrogens (tertiary/aromatic N) is 2. The van der Waals surface area contributed by atoms with Gasteiger partial charge in [-0.05, 0) is 44.4 Å². The van der Waals surface area contributed by atoms with Crippen LogP contribution in [0.25, 0.3) is 0 Å². The summed E-state index contributed by atoms with van der Waals surface area (Å²) in [6.07, 6.45) is 0. The van der Waals surface area contributed by atoms with Gasteiger partial charge < -0.3 is 20.4 Å². The molecule has 2 aromatic rings. The first-order chi connectivity index (χ1) is 13.0. The molecule has 5 nitrogen and oxygen atoms in total. The molecule has 0 saturated carbocycles. The van der Waals surface area contributed by atoms with E-state index in [-0.39, 0.29) is 17.9 Å². The van der Waals surface area contributed by atoms with Crippen LogP contribution in [0.1, 0.15) is 17.2 Å². The van der Waals surface area contributed by atoms with E-state index in [0.29, 0.717) is 13.1 Å². The molecule has 1 unspecified atom stereocenters. The van der Waals surface area contributed by atoms with E-state index in [2.05, 4.69) is 27.7 Å². The highest BCUT2D eigenvalue weighted by Gasteiger charge is 2.15. The zero-order valence-corrected chi connectivity index (χ0v) is 16.3. The second kappa shape index (κ2) is 10.6. The summed E-state index contributed by atoms with van der Waals surface area (Å²) in [5, 5.41) is 5.74. The SMILES string of the molecule is CN(CCNC(=O)NCC(c1cccc(F)c1)N(C)C)Cc1ccccc1. The highest BCUT2D eigenvalue weighted by molar-refractivity contribution is 5.73. The lowest BCUT2D eigenvalue weighted by Crippen LogP contribution is -2.42. The van der Waals surface area contributed by atoms with Gasteiger partial charge >= 0.3 is 6.03 Å². The number of nitrogens with one attached hydrogen (secondary N) is 2. The second-order valence-electron chi connectivity index (χ2n) is 6.89. The molecule has 0 saturated heterocycles. The maximum absolute atomic E-state index is 13.5. The van der Waals surface area contributed by atoms with Gasteiger partial charge in [-0.2, -0.15) is 0 Å². The average molecular weight is 372 g/mol. The van der Waals surface area contributed by atoms with Crippen molar-refractivity contribution >= 4 is 6.03 Å². The molecule has 27 heavy (non-hydrogen) atoms. The molecular formula is C21H29FN4O. The fraction of sp³-hybridized carbons (Fsp3) is 0.381. The number of halogens is 1. The number of amides is 2. The first-order valence-corrected chi connectivity index (χ1v) is 9.12. The van der Waals surface area contributed by atoms with Gasteiger partial charge in [0.05, 0.1) is 6.04 Å². The first kappa shape index (κ1) is 20.9. The molecule has 0 radical (unpaired) electrons. The van der Waals surface area contributed by atoms with Crippen LogP contribution < -0.4 is 10.6 Å². The molecule has 1 atom stereocenters. The fourth-order valence-electron chi connectivity index (χ4n) is 2.90. The quantitative estimate of drug-likeness (QED) is 0.712. The Morgan fingerprint density at radius 1 is 1.04 bits per heavy atom. The molecule has 0 bridgehead atoms. The minimum Gasteiger partial charge on any atom is -0.337 e. The number of hydrogen-bond donors (Lipinski definition) is 2. The monoisotopic (exact) mass is 372 g/mol. The summed E-state index contributed by atoms with van der Waals surface area (Å²) < 4.78 is 13.5.